The Balaban J connectivity index is 1.08. The van der Waals surface area contributed by atoms with Crippen LogP contribution in [0.15, 0.2) is 35.5 Å². The molecule has 1 N–H and O–H groups in total. The van der Waals surface area contributed by atoms with Crippen LogP contribution in [0.2, 0.25) is 0 Å². The van der Waals surface area contributed by atoms with E-state index >= 15 is 0 Å². The van der Waals surface area contributed by atoms with E-state index in [2.05, 4.69) is 22.2 Å². The summed E-state index contributed by atoms with van der Waals surface area (Å²) in [5.74, 6) is 2.02. The molecule has 6 nitrogen and oxygen atoms in total. The van der Waals surface area contributed by atoms with E-state index in [4.69, 9.17) is 4.74 Å². The van der Waals surface area contributed by atoms with Gasteiger partial charge in [-0.25, -0.2) is 4.98 Å². The molecule has 0 aliphatic heterocycles. The number of esters is 1. The van der Waals surface area contributed by atoms with Crippen molar-refractivity contribution in [2.75, 3.05) is 12.4 Å². The minimum atomic E-state index is -0.419. The third-order valence-electron chi connectivity index (χ3n) is 7.51. The number of amides is 1. The average Bonchev–Trinajstić information content (AvgIpc) is 2.75. The molecule has 4 bridgehead atoms. The van der Waals surface area contributed by atoms with Crippen molar-refractivity contribution in [2.45, 2.75) is 56.5 Å². The number of aromatic nitrogens is 2. The highest BCUT2D eigenvalue weighted by Gasteiger charge is 2.53. The average molecular weight is 440 g/mol. The fourth-order valence-corrected chi connectivity index (χ4v) is 7.11. The number of carbonyl (C=O) groups is 2. The van der Waals surface area contributed by atoms with Gasteiger partial charge in [0.1, 0.15) is 5.03 Å². The Morgan fingerprint density at radius 1 is 1.13 bits per heavy atom. The number of fused-ring (bicyclic) bond motifs is 1. The van der Waals surface area contributed by atoms with Crippen molar-refractivity contribution in [1.29, 1.82) is 0 Å². The van der Waals surface area contributed by atoms with Gasteiger partial charge in [0, 0.05) is 6.04 Å². The summed E-state index contributed by atoms with van der Waals surface area (Å²) in [6, 6.07) is 7.74. The number of hydrogen-bond acceptors (Lipinski definition) is 6. The maximum Gasteiger partial charge on any atom is 0.316 e. The Hall–Kier alpha value is -2.15. The van der Waals surface area contributed by atoms with E-state index in [1.54, 1.807) is 6.20 Å². The van der Waals surface area contributed by atoms with Crippen molar-refractivity contribution < 1.29 is 14.3 Å². The Labute approximate surface area is 186 Å². The van der Waals surface area contributed by atoms with Crippen LogP contribution in [0.5, 0.6) is 0 Å². The number of benzene rings is 1. The predicted molar refractivity (Wildman–Crippen MR) is 119 cm³/mol. The smallest absolute Gasteiger partial charge is 0.316 e. The van der Waals surface area contributed by atoms with Gasteiger partial charge in [0.05, 0.1) is 23.0 Å². The molecule has 1 unspecified atom stereocenters. The zero-order valence-electron chi connectivity index (χ0n) is 17.9. The van der Waals surface area contributed by atoms with Crippen LogP contribution < -0.4 is 5.32 Å². The lowest BCUT2D eigenvalue weighted by molar-refractivity contribution is -0.147. The van der Waals surface area contributed by atoms with Gasteiger partial charge in [-0.3, -0.25) is 14.6 Å². The van der Waals surface area contributed by atoms with Gasteiger partial charge in [0.15, 0.2) is 6.61 Å². The van der Waals surface area contributed by atoms with Crippen molar-refractivity contribution in [1.82, 2.24) is 15.3 Å². The highest BCUT2D eigenvalue weighted by Crippen LogP contribution is 2.61. The van der Waals surface area contributed by atoms with E-state index in [1.165, 1.54) is 50.3 Å². The summed E-state index contributed by atoms with van der Waals surface area (Å²) in [5, 5.41) is 3.80. The minimum absolute atomic E-state index is 0.102. The molecule has 0 radical (unpaired) electrons. The lowest BCUT2D eigenvalue weighted by Crippen LogP contribution is -2.56. The van der Waals surface area contributed by atoms with Gasteiger partial charge in [-0.2, -0.15) is 0 Å². The molecule has 1 aromatic carbocycles. The largest absolute Gasteiger partial charge is 0.455 e. The summed E-state index contributed by atoms with van der Waals surface area (Å²) in [5.41, 5.74) is 1.86. The molecule has 4 aliphatic carbocycles. The lowest BCUT2D eigenvalue weighted by Gasteiger charge is -2.59. The summed E-state index contributed by atoms with van der Waals surface area (Å²) < 4.78 is 5.21. The molecule has 1 amide bonds. The molecule has 0 spiro atoms. The van der Waals surface area contributed by atoms with Gasteiger partial charge in [-0.15, -0.1) is 0 Å². The number of rotatable bonds is 7. The molecule has 1 atom stereocenters. The zero-order chi connectivity index (χ0) is 21.4. The van der Waals surface area contributed by atoms with Crippen LogP contribution >= 0.6 is 11.8 Å². The second kappa shape index (κ2) is 8.41. The van der Waals surface area contributed by atoms with Gasteiger partial charge in [-0.05, 0) is 80.8 Å². The monoisotopic (exact) mass is 439 g/mol. The fourth-order valence-electron chi connectivity index (χ4n) is 6.47. The third kappa shape index (κ3) is 4.43. The van der Waals surface area contributed by atoms with E-state index in [0.29, 0.717) is 5.03 Å². The van der Waals surface area contributed by atoms with Crippen molar-refractivity contribution in [3.63, 3.8) is 0 Å². The molecule has 31 heavy (non-hydrogen) atoms. The molecule has 0 saturated heterocycles. The van der Waals surface area contributed by atoms with Gasteiger partial charge < -0.3 is 10.1 Å². The van der Waals surface area contributed by atoms with E-state index in [1.807, 2.05) is 24.3 Å². The van der Waals surface area contributed by atoms with Crippen LogP contribution in [0.4, 0.5) is 0 Å². The molecule has 7 heteroatoms. The van der Waals surface area contributed by atoms with E-state index in [9.17, 15) is 9.59 Å². The summed E-state index contributed by atoms with van der Waals surface area (Å²) in [6.07, 6.45) is 9.53. The molecule has 4 aliphatic rings. The number of nitrogens with zero attached hydrogens (tertiary/aromatic N) is 2. The van der Waals surface area contributed by atoms with Crippen LogP contribution in [0.1, 0.15) is 45.4 Å². The molecular formula is C24H29N3O3S. The molecule has 4 saturated carbocycles. The molecule has 164 valence electrons. The molecule has 1 aromatic heterocycles. The predicted octanol–water partition coefficient (Wildman–Crippen LogP) is 3.99. The second-order valence-electron chi connectivity index (χ2n) is 9.72. The Bertz CT molecular complexity index is 960. The number of carbonyl (C=O) groups excluding carboxylic acids is 2. The fraction of sp³-hybridized carbons (Fsp3) is 0.583. The van der Waals surface area contributed by atoms with Crippen LogP contribution in [-0.4, -0.2) is 40.2 Å². The number of nitrogens with one attached hydrogen (secondary N) is 1. The maximum atomic E-state index is 12.5. The molecule has 6 rings (SSSR count). The van der Waals surface area contributed by atoms with Crippen LogP contribution in [0.25, 0.3) is 11.0 Å². The number of thioether (sulfide) groups is 1. The van der Waals surface area contributed by atoms with Crippen LogP contribution in [0.3, 0.4) is 0 Å². The topological polar surface area (TPSA) is 81.2 Å². The standard InChI is InChI=1S/C24H29N3O3S/c1-15(24-9-16-6-17(10-24)8-18(7-16)11-24)26-21(28)13-30-23(29)14-31-22-12-25-19-4-2-3-5-20(19)27-22/h2-5,12,15-18H,6-11,13-14H2,1H3,(H,26,28). The van der Waals surface area contributed by atoms with Crippen molar-refractivity contribution in [3.8, 4) is 0 Å². The Morgan fingerprint density at radius 3 is 2.45 bits per heavy atom. The first-order valence-electron chi connectivity index (χ1n) is 11.3. The van der Waals surface area contributed by atoms with E-state index in [0.717, 1.165) is 28.8 Å². The Morgan fingerprint density at radius 2 is 1.77 bits per heavy atom. The van der Waals surface area contributed by atoms with Gasteiger partial charge in [0.2, 0.25) is 0 Å². The molecular weight excluding hydrogens is 410 g/mol. The highest BCUT2D eigenvalue weighted by molar-refractivity contribution is 7.99. The summed E-state index contributed by atoms with van der Waals surface area (Å²) in [6.45, 7) is 1.92. The Kier molecular flexibility index (Phi) is 5.63. The van der Waals surface area contributed by atoms with Gasteiger partial charge in [0.25, 0.3) is 5.91 Å². The number of ether oxygens (including phenoxy) is 1. The summed E-state index contributed by atoms with van der Waals surface area (Å²) >= 11 is 1.27. The first kappa shape index (κ1) is 20.7. The number of hydrogen-bond donors (Lipinski definition) is 1. The molecule has 2 aromatic rings. The third-order valence-corrected chi connectivity index (χ3v) is 8.38. The number of para-hydroxylation sites is 2. The minimum Gasteiger partial charge on any atom is -0.455 e. The summed E-state index contributed by atoms with van der Waals surface area (Å²) in [7, 11) is 0. The maximum absolute atomic E-state index is 12.5. The zero-order valence-corrected chi connectivity index (χ0v) is 18.7. The normalized spacial score (nSPS) is 29.6. The van der Waals surface area contributed by atoms with Gasteiger partial charge >= 0.3 is 5.97 Å². The first-order valence-corrected chi connectivity index (χ1v) is 12.3. The second-order valence-corrected chi connectivity index (χ2v) is 10.7. The SMILES string of the molecule is CC(NC(=O)COC(=O)CSc1cnc2ccccc2n1)C12CC3CC(CC(C3)C1)C2. The van der Waals surface area contributed by atoms with Crippen molar-refractivity contribution in [2.24, 2.45) is 23.2 Å². The van der Waals surface area contributed by atoms with Crippen LogP contribution in [0, 0.1) is 23.2 Å². The van der Waals surface area contributed by atoms with Crippen LogP contribution in [-0.2, 0) is 14.3 Å². The molecule has 1 heterocycles. The quantitative estimate of drug-likeness (QED) is 0.519. The van der Waals surface area contributed by atoms with Crippen molar-refractivity contribution in [3.05, 3.63) is 30.5 Å². The summed E-state index contributed by atoms with van der Waals surface area (Å²) in [4.78, 5) is 33.4. The van der Waals surface area contributed by atoms with Crippen molar-refractivity contribution >= 4 is 34.7 Å². The first-order chi connectivity index (χ1) is 15.0. The van der Waals surface area contributed by atoms with E-state index in [-0.39, 0.29) is 29.7 Å². The van der Waals surface area contributed by atoms with Gasteiger partial charge in [-0.1, -0.05) is 23.9 Å². The molecule has 4 fully saturated rings. The lowest BCUT2D eigenvalue weighted by atomic mass is 9.48. The van der Waals surface area contributed by atoms with E-state index < -0.39 is 5.97 Å². The highest BCUT2D eigenvalue weighted by atomic mass is 32.2.